The number of nitrogens with zero attached hydrogens (tertiary/aromatic N) is 3. The van der Waals surface area contributed by atoms with E-state index in [1.807, 2.05) is 18.4 Å². The molecular weight excluding hydrogens is 268 g/mol. The fourth-order valence-electron chi connectivity index (χ4n) is 3.45. The molecule has 1 aliphatic carbocycles. The lowest BCUT2D eigenvalue weighted by Gasteiger charge is -2.17. The van der Waals surface area contributed by atoms with E-state index in [0.717, 1.165) is 18.9 Å². The summed E-state index contributed by atoms with van der Waals surface area (Å²) in [6.45, 7) is 2.16. The molecular formula is C15H20N4S. The molecule has 0 aromatic carbocycles. The Kier molecular flexibility index (Phi) is 3.11. The quantitative estimate of drug-likeness (QED) is 0.921. The topological polar surface area (TPSA) is 41.0 Å². The predicted molar refractivity (Wildman–Crippen MR) is 83.7 cm³/mol. The third-order valence-corrected chi connectivity index (χ3v) is 5.89. The summed E-state index contributed by atoms with van der Waals surface area (Å²) in [7, 11) is 2.05. The van der Waals surface area contributed by atoms with Crippen molar-refractivity contribution in [2.75, 3.05) is 25.0 Å². The smallest absolute Gasteiger partial charge is 0.150 e. The van der Waals surface area contributed by atoms with Crippen LogP contribution in [-0.2, 0) is 12.8 Å². The molecule has 4 nitrogen and oxygen atoms in total. The minimum Gasteiger partial charge on any atom is -0.354 e. The van der Waals surface area contributed by atoms with Crippen LogP contribution < -0.4 is 10.2 Å². The number of thiophene rings is 1. The van der Waals surface area contributed by atoms with Gasteiger partial charge in [-0.05, 0) is 44.7 Å². The molecule has 3 heterocycles. The van der Waals surface area contributed by atoms with Crippen LogP contribution in [0.1, 0.15) is 29.7 Å². The van der Waals surface area contributed by atoms with Crippen molar-refractivity contribution in [3.8, 4) is 0 Å². The Morgan fingerprint density at radius 3 is 3.05 bits per heavy atom. The number of hydrogen-bond donors (Lipinski definition) is 1. The molecule has 0 saturated carbocycles. The zero-order valence-electron chi connectivity index (χ0n) is 11.9. The molecule has 106 valence electrons. The molecule has 2 aromatic heterocycles. The first-order valence-electron chi connectivity index (χ1n) is 7.54. The summed E-state index contributed by atoms with van der Waals surface area (Å²) < 4.78 is 1.32. The Hall–Kier alpha value is -1.20. The molecule has 20 heavy (non-hydrogen) atoms. The summed E-state index contributed by atoms with van der Waals surface area (Å²) in [6, 6.07) is 0.592. The summed E-state index contributed by atoms with van der Waals surface area (Å²) in [5.74, 6) is 1.16. The highest BCUT2D eigenvalue weighted by molar-refractivity contribution is 7.19. The zero-order chi connectivity index (χ0) is 13.5. The number of rotatable bonds is 2. The molecule has 0 amide bonds. The van der Waals surface area contributed by atoms with Gasteiger partial charge in [0.25, 0.3) is 0 Å². The fourth-order valence-corrected chi connectivity index (χ4v) is 4.81. The van der Waals surface area contributed by atoms with E-state index in [1.165, 1.54) is 47.9 Å². The molecule has 1 atom stereocenters. The van der Waals surface area contributed by atoms with Gasteiger partial charge < -0.3 is 10.2 Å². The van der Waals surface area contributed by atoms with Gasteiger partial charge in [0.15, 0.2) is 0 Å². The van der Waals surface area contributed by atoms with Gasteiger partial charge in [-0.1, -0.05) is 0 Å². The standard InChI is InChI=1S/C15H20N4S/c1-16-10-6-7-19(8-10)15-14-13(17-9-18-15)11-4-2-3-5-12(11)20-14/h9-10,16H,2-8H2,1H3/t10-/m1/s1. The van der Waals surface area contributed by atoms with Crippen molar-refractivity contribution in [3.05, 3.63) is 16.8 Å². The number of anilines is 1. The van der Waals surface area contributed by atoms with Crippen LogP contribution in [-0.4, -0.2) is 36.1 Å². The van der Waals surface area contributed by atoms with E-state index >= 15 is 0 Å². The summed E-state index contributed by atoms with van der Waals surface area (Å²) >= 11 is 1.93. The van der Waals surface area contributed by atoms with Gasteiger partial charge in [-0.25, -0.2) is 9.97 Å². The summed E-state index contributed by atoms with van der Waals surface area (Å²) in [4.78, 5) is 13.2. The lowest BCUT2D eigenvalue weighted by Crippen LogP contribution is -2.29. The molecule has 0 bridgehead atoms. The molecule has 0 unspecified atom stereocenters. The average Bonchev–Trinajstić information content (AvgIpc) is 3.11. The number of aryl methyl sites for hydroxylation is 2. The highest BCUT2D eigenvalue weighted by Gasteiger charge is 2.26. The van der Waals surface area contributed by atoms with Gasteiger partial charge in [0, 0.05) is 24.0 Å². The normalized spacial score (nSPS) is 22.4. The minimum absolute atomic E-state index is 0.592. The molecule has 2 aromatic rings. The molecule has 0 radical (unpaired) electrons. The van der Waals surface area contributed by atoms with Crippen molar-refractivity contribution in [2.45, 2.75) is 38.1 Å². The van der Waals surface area contributed by atoms with Crippen LogP contribution in [0, 0.1) is 0 Å². The molecule has 5 heteroatoms. The number of nitrogens with one attached hydrogen (secondary N) is 1. The van der Waals surface area contributed by atoms with Crippen molar-refractivity contribution in [2.24, 2.45) is 0 Å². The first-order chi connectivity index (χ1) is 9.86. The Balaban J connectivity index is 1.78. The maximum atomic E-state index is 4.60. The van der Waals surface area contributed by atoms with Gasteiger partial charge in [-0.3, -0.25) is 0 Å². The third-order valence-electron chi connectivity index (χ3n) is 4.61. The van der Waals surface area contributed by atoms with Crippen LogP contribution >= 0.6 is 11.3 Å². The van der Waals surface area contributed by atoms with Gasteiger partial charge in [-0.2, -0.15) is 0 Å². The van der Waals surface area contributed by atoms with Crippen LogP contribution in [0.2, 0.25) is 0 Å². The van der Waals surface area contributed by atoms with E-state index in [1.54, 1.807) is 11.2 Å². The van der Waals surface area contributed by atoms with E-state index in [4.69, 9.17) is 0 Å². The van der Waals surface area contributed by atoms with Crippen molar-refractivity contribution in [3.63, 3.8) is 0 Å². The van der Waals surface area contributed by atoms with E-state index in [9.17, 15) is 0 Å². The largest absolute Gasteiger partial charge is 0.354 e. The monoisotopic (exact) mass is 288 g/mol. The lowest BCUT2D eigenvalue weighted by molar-refractivity contribution is 0.616. The van der Waals surface area contributed by atoms with E-state index < -0.39 is 0 Å². The van der Waals surface area contributed by atoms with Crippen LogP contribution in [0.25, 0.3) is 10.2 Å². The summed E-state index contributed by atoms with van der Waals surface area (Å²) in [6.07, 6.45) is 8.02. The van der Waals surface area contributed by atoms with Gasteiger partial charge in [0.2, 0.25) is 0 Å². The summed E-state index contributed by atoms with van der Waals surface area (Å²) in [5.41, 5.74) is 2.73. The van der Waals surface area contributed by atoms with Crippen LogP contribution in [0.5, 0.6) is 0 Å². The Bertz CT molecular complexity index is 636. The molecule has 1 fully saturated rings. The second-order valence-electron chi connectivity index (χ2n) is 5.81. The highest BCUT2D eigenvalue weighted by Crippen LogP contribution is 2.39. The zero-order valence-corrected chi connectivity index (χ0v) is 12.7. The van der Waals surface area contributed by atoms with Gasteiger partial charge in [-0.15, -0.1) is 11.3 Å². The lowest BCUT2D eigenvalue weighted by atomic mass is 9.98. The van der Waals surface area contributed by atoms with Gasteiger partial charge in [0.1, 0.15) is 12.1 Å². The molecule has 4 rings (SSSR count). The van der Waals surface area contributed by atoms with Crippen molar-refractivity contribution < 1.29 is 0 Å². The Morgan fingerprint density at radius 1 is 1.30 bits per heavy atom. The third kappa shape index (κ3) is 1.91. The maximum absolute atomic E-state index is 4.60. The number of hydrogen-bond acceptors (Lipinski definition) is 5. The van der Waals surface area contributed by atoms with Crippen molar-refractivity contribution in [1.82, 2.24) is 15.3 Å². The minimum atomic E-state index is 0.592. The van der Waals surface area contributed by atoms with Crippen LogP contribution in [0.3, 0.4) is 0 Å². The highest BCUT2D eigenvalue weighted by atomic mass is 32.1. The van der Waals surface area contributed by atoms with E-state index in [-0.39, 0.29) is 0 Å². The molecule has 0 spiro atoms. The van der Waals surface area contributed by atoms with E-state index in [0.29, 0.717) is 6.04 Å². The molecule has 2 aliphatic rings. The van der Waals surface area contributed by atoms with Crippen LogP contribution in [0.4, 0.5) is 5.82 Å². The van der Waals surface area contributed by atoms with Gasteiger partial charge in [0.05, 0.1) is 10.2 Å². The number of likely N-dealkylation sites (N-methyl/N-ethyl adjacent to an activating group) is 1. The Labute approximate surface area is 123 Å². The number of fused-ring (bicyclic) bond motifs is 3. The molecule has 1 saturated heterocycles. The SMILES string of the molecule is CN[C@@H]1CCN(c2ncnc3c4c(sc23)CCCC4)C1. The second kappa shape index (κ2) is 4.97. The Morgan fingerprint density at radius 2 is 2.20 bits per heavy atom. The summed E-state index contributed by atoms with van der Waals surface area (Å²) in [5, 5.41) is 3.38. The molecule has 1 N–H and O–H groups in total. The van der Waals surface area contributed by atoms with Crippen LogP contribution in [0.15, 0.2) is 6.33 Å². The first kappa shape index (κ1) is 12.5. The van der Waals surface area contributed by atoms with Crippen molar-refractivity contribution in [1.29, 1.82) is 0 Å². The van der Waals surface area contributed by atoms with Crippen molar-refractivity contribution >= 4 is 27.4 Å². The maximum Gasteiger partial charge on any atom is 0.150 e. The van der Waals surface area contributed by atoms with Gasteiger partial charge >= 0.3 is 0 Å². The predicted octanol–water partition coefficient (Wildman–Crippen LogP) is 2.37. The van der Waals surface area contributed by atoms with E-state index in [2.05, 4.69) is 20.2 Å². The number of aromatic nitrogens is 2. The fraction of sp³-hybridized carbons (Fsp3) is 0.600. The molecule has 1 aliphatic heterocycles. The second-order valence-corrected chi connectivity index (χ2v) is 6.91. The average molecular weight is 288 g/mol. The first-order valence-corrected chi connectivity index (χ1v) is 8.36.